The summed E-state index contributed by atoms with van der Waals surface area (Å²) in [5, 5.41) is 14.2. The summed E-state index contributed by atoms with van der Waals surface area (Å²) in [7, 11) is 0. The van der Waals surface area contributed by atoms with Gasteiger partial charge >= 0.3 is 5.69 Å². The van der Waals surface area contributed by atoms with Crippen LogP contribution < -0.4 is 5.32 Å². The summed E-state index contributed by atoms with van der Waals surface area (Å²) in [6.07, 6.45) is 3.86. The summed E-state index contributed by atoms with van der Waals surface area (Å²) in [5.41, 5.74) is 1.79. The summed E-state index contributed by atoms with van der Waals surface area (Å²) >= 11 is 0. The van der Waals surface area contributed by atoms with E-state index in [2.05, 4.69) is 15.3 Å². The maximum Gasteiger partial charge on any atom is 0.311 e. The van der Waals surface area contributed by atoms with Crippen molar-refractivity contribution in [3.63, 3.8) is 0 Å². The van der Waals surface area contributed by atoms with Gasteiger partial charge in [0.15, 0.2) is 0 Å². The van der Waals surface area contributed by atoms with Gasteiger partial charge in [-0.1, -0.05) is 6.07 Å². The van der Waals surface area contributed by atoms with Gasteiger partial charge in [0.25, 0.3) is 0 Å². The van der Waals surface area contributed by atoms with E-state index >= 15 is 0 Å². The molecule has 0 spiro atoms. The van der Waals surface area contributed by atoms with E-state index in [9.17, 15) is 10.1 Å². The van der Waals surface area contributed by atoms with E-state index in [-0.39, 0.29) is 11.1 Å². The van der Waals surface area contributed by atoms with E-state index in [1.807, 2.05) is 25.1 Å². The molecule has 6 nitrogen and oxygen atoms in total. The fourth-order valence-electron chi connectivity index (χ4n) is 2.43. The molecule has 0 amide bonds. The molecule has 2 aromatic heterocycles. The van der Waals surface area contributed by atoms with E-state index in [0.29, 0.717) is 12.4 Å². The molecule has 1 aliphatic carbocycles. The van der Waals surface area contributed by atoms with Crippen LogP contribution in [0.1, 0.15) is 24.2 Å². The third-order valence-electron chi connectivity index (χ3n) is 3.87. The molecule has 0 bridgehead atoms. The minimum absolute atomic E-state index is 0.0115. The number of anilines is 1. The Bertz CT molecular complexity index is 669. The summed E-state index contributed by atoms with van der Waals surface area (Å²) in [5.74, 6) is 0.335. The van der Waals surface area contributed by atoms with E-state index in [4.69, 9.17) is 0 Å². The molecule has 0 aromatic carbocycles. The summed E-state index contributed by atoms with van der Waals surface area (Å²) in [4.78, 5) is 19.3. The van der Waals surface area contributed by atoms with Crippen LogP contribution in [0.5, 0.6) is 0 Å². The standard InChI is InChI=1S/C15H16N4O2/c1-11-5-6-12(19(20)21)14(18-11)17-10-15(7-8-15)13-4-2-3-9-16-13/h2-6,9H,7-8,10H2,1H3,(H,17,18). The molecule has 1 aliphatic rings. The van der Waals surface area contributed by atoms with Gasteiger partial charge in [0.2, 0.25) is 5.82 Å². The fraction of sp³-hybridized carbons (Fsp3) is 0.333. The van der Waals surface area contributed by atoms with Crippen LogP contribution in [0.2, 0.25) is 0 Å². The molecule has 3 rings (SSSR count). The van der Waals surface area contributed by atoms with Gasteiger partial charge in [0, 0.05) is 35.6 Å². The molecule has 2 aromatic rings. The minimum Gasteiger partial charge on any atom is -0.363 e. The van der Waals surface area contributed by atoms with Crippen molar-refractivity contribution >= 4 is 11.5 Å². The van der Waals surface area contributed by atoms with E-state index in [0.717, 1.165) is 24.2 Å². The van der Waals surface area contributed by atoms with E-state index < -0.39 is 4.92 Å². The average Bonchev–Trinajstić information content (AvgIpc) is 3.27. The van der Waals surface area contributed by atoms with Crippen molar-refractivity contribution < 1.29 is 4.92 Å². The second-order valence-corrected chi connectivity index (χ2v) is 5.43. The number of rotatable bonds is 5. The number of nitro groups is 1. The van der Waals surface area contributed by atoms with Crippen LogP contribution in [0.3, 0.4) is 0 Å². The van der Waals surface area contributed by atoms with E-state index in [1.54, 1.807) is 12.3 Å². The lowest BCUT2D eigenvalue weighted by atomic mass is 10.0. The Hall–Kier alpha value is -2.50. The van der Waals surface area contributed by atoms with Gasteiger partial charge < -0.3 is 5.32 Å². The van der Waals surface area contributed by atoms with Crippen LogP contribution in [-0.4, -0.2) is 21.4 Å². The first kappa shape index (κ1) is 13.5. The van der Waals surface area contributed by atoms with Gasteiger partial charge in [0.1, 0.15) is 0 Å². The quantitative estimate of drug-likeness (QED) is 0.674. The Morgan fingerprint density at radius 2 is 2.14 bits per heavy atom. The number of pyridine rings is 2. The number of hydrogen-bond donors (Lipinski definition) is 1. The van der Waals surface area contributed by atoms with Crippen molar-refractivity contribution in [3.8, 4) is 0 Å². The topological polar surface area (TPSA) is 81.0 Å². The lowest BCUT2D eigenvalue weighted by Crippen LogP contribution is -2.21. The first-order valence-electron chi connectivity index (χ1n) is 6.88. The molecule has 0 atom stereocenters. The first-order chi connectivity index (χ1) is 10.1. The zero-order valence-electron chi connectivity index (χ0n) is 11.7. The molecule has 1 saturated carbocycles. The molecule has 1 fully saturated rings. The molecular formula is C15H16N4O2. The Labute approximate surface area is 122 Å². The Balaban J connectivity index is 1.80. The Kier molecular flexibility index (Phi) is 3.29. The predicted molar refractivity (Wildman–Crippen MR) is 79.3 cm³/mol. The number of aryl methyl sites for hydroxylation is 1. The Morgan fingerprint density at radius 3 is 2.76 bits per heavy atom. The smallest absolute Gasteiger partial charge is 0.311 e. The fourth-order valence-corrected chi connectivity index (χ4v) is 2.43. The highest BCUT2D eigenvalue weighted by atomic mass is 16.6. The molecule has 2 heterocycles. The van der Waals surface area contributed by atoms with Crippen LogP contribution >= 0.6 is 0 Å². The van der Waals surface area contributed by atoms with Gasteiger partial charge in [-0.2, -0.15) is 0 Å². The molecule has 0 radical (unpaired) electrons. The van der Waals surface area contributed by atoms with Crippen molar-refractivity contribution in [2.24, 2.45) is 0 Å². The van der Waals surface area contributed by atoms with Crippen molar-refractivity contribution in [1.29, 1.82) is 0 Å². The first-order valence-corrected chi connectivity index (χ1v) is 6.88. The third-order valence-corrected chi connectivity index (χ3v) is 3.87. The zero-order valence-corrected chi connectivity index (χ0v) is 11.7. The summed E-state index contributed by atoms with van der Waals surface area (Å²) in [6.45, 7) is 2.43. The molecule has 0 aliphatic heterocycles. The maximum atomic E-state index is 11.1. The number of hydrogen-bond acceptors (Lipinski definition) is 5. The molecule has 0 unspecified atom stereocenters. The molecule has 21 heavy (non-hydrogen) atoms. The maximum absolute atomic E-state index is 11.1. The van der Waals surface area contributed by atoms with Crippen LogP contribution in [-0.2, 0) is 5.41 Å². The van der Waals surface area contributed by atoms with Crippen molar-refractivity contribution in [2.75, 3.05) is 11.9 Å². The van der Waals surface area contributed by atoms with Crippen molar-refractivity contribution in [3.05, 3.63) is 58.0 Å². The monoisotopic (exact) mass is 284 g/mol. The second kappa shape index (κ2) is 5.12. The molecule has 0 saturated heterocycles. The molecular weight excluding hydrogens is 268 g/mol. The van der Waals surface area contributed by atoms with Gasteiger partial charge in [-0.3, -0.25) is 15.1 Å². The zero-order chi connectivity index (χ0) is 14.9. The average molecular weight is 284 g/mol. The van der Waals surface area contributed by atoms with E-state index in [1.165, 1.54) is 6.07 Å². The molecule has 1 N–H and O–H groups in total. The highest BCUT2D eigenvalue weighted by Crippen LogP contribution is 2.47. The van der Waals surface area contributed by atoms with Crippen molar-refractivity contribution in [1.82, 2.24) is 9.97 Å². The SMILES string of the molecule is Cc1ccc([N+](=O)[O-])c(NCC2(c3ccccn3)CC2)n1. The van der Waals surface area contributed by atoms with Gasteiger partial charge in [0.05, 0.1) is 4.92 Å². The number of nitrogens with zero attached hydrogens (tertiary/aromatic N) is 3. The van der Waals surface area contributed by atoms with Crippen LogP contribution in [0.25, 0.3) is 0 Å². The second-order valence-electron chi connectivity index (χ2n) is 5.43. The highest BCUT2D eigenvalue weighted by molar-refractivity contribution is 5.56. The summed E-state index contributed by atoms with van der Waals surface area (Å²) in [6, 6.07) is 9.00. The lowest BCUT2D eigenvalue weighted by molar-refractivity contribution is -0.384. The normalized spacial score (nSPS) is 15.5. The molecule has 108 valence electrons. The Morgan fingerprint density at radius 1 is 1.33 bits per heavy atom. The predicted octanol–water partition coefficient (Wildman–Crippen LogP) is 2.84. The lowest BCUT2D eigenvalue weighted by Gasteiger charge is -2.16. The summed E-state index contributed by atoms with van der Waals surface area (Å²) < 4.78 is 0. The van der Waals surface area contributed by atoms with Gasteiger partial charge in [-0.05, 0) is 38.0 Å². The van der Waals surface area contributed by atoms with Crippen molar-refractivity contribution in [2.45, 2.75) is 25.2 Å². The van der Waals surface area contributed by atoms with Crippen LogP contribution in [0, 0.1) is 17.0 Å². The van der Waals surface area contributed by atoms with Crippen LogP contribution in [0.15, 0.2) is 36.5 Å². The number of aromatic nitrogens is 2. The van der Waals surface area contributed by atoms with Gasteiger partial charge in [-0.15, -0.1) is 0 Å². The number of nitrogens with one attached hydrogen (secondary N) is 1. The molecule has 6 heteroatoms. The highest BCUT2D eigenvalue weighted by Gasteiger charge is 2.45. The third kappa shape index (κ3) is 2.69. The van der Waals surface area contributed by atoms with Crippen LogP contribution in [0.4, 0.5) is 11.5 Å². The largest absolute Gasteiger partial charge is 0.363 e. The van der Waals surface area contributed by atoms with Gasteiger partial charge in [-0.25, -0.2) is 4.98 Å². The minimum atomic E-state index is -0.408.